The number of hydrogen-bond acceptors (Lipinski definition) is 4. The molecule has 0 fully saturated rings. The fraction of sp³-hybridized carbons (Fsp3) is 0.200. The Bertz CT molecular complexity index is 1310. The summed E-state index contributed by atoms with van der Waals surface area (Å²) in [7, 11) is 1.95. The van der Waals surface area contributed by atoms with Gasteiger partial charge in [-0.1, -0.05) is 36.7 Å². The molecule has 0 bridgehead atoms. The number of fused-ring (bicyclic) bond motifs is 2. The molecule has 6 heteroatoms. The van der Waals surface area contributed by atoms with Crippen LogP contribution in [0, 0.1) is 0 Å². The average Bonchev–Trinajstić information content (AvgIpc) is 3.33. The van der Waals surface area contributed by atoms with Gasteiger partial charge < -0.3 is 10.2 Å². The molecule has 0 radical (unpaired) electrons. The Morgan fingerprint density at radius 1 is 1.13 bits per heavy atom. The third-order valence-electron chi connectivity index (χ3n) is 5.81. The first kappa shape index (κ1) is 20.0. The minimum absolute atomic E-state index is 0.0983. The van der Waals surface area contributed by atoms with E-state index < -0.39 is 0 Å². The summed E-state index contributed by atoms with van der Waals surface area (Å²) in [5.41, 5.74) is 7.33. The highest BCUT2D eigenvalue weighted by molar-refractivity contribution is 7.19. The van der Waals surface area contributed by atoms with Gasteiger partial charge in [0.2, 0.25) is 0 Å². The lowest BCUT2D eigenvalue weighted by atomic mass is 9.99. The number of anilines is 1. The first-order valence-electron chi connectivity index (χ1n) is 10.3. The van der Waals surface area contributed by atoms with Crippen LogP contribution >= 0.6 is 22.9 Å². The van der Waals surface area contributed by atoms with Gasteiger partial charge in [-0.15, -0.1) is 11.3 Å². The molecule has 2 aromatic carbocycles. The topological polar surface area (TPSA) is 45.2 Å². The van der Waals surface area contributed by atoms with E-state index in [1.807, 2.05) is 60.6 Å². The molecule has 1 amide bonds. The summed E-state index contributed by atoms with van der Waals surface area (Å²) in [6.07, 6.45) is 2.74. The fourth-order valence-corrected chi connectivity index (χ4v) is 5.76. The number of carbonyl (C=O) groups is 1. The van der Waals surface area contributed by atoms with Crippen LogP contribution in [0.25, 0.3) is 21.3 Å². The zero-order valence-electron chi connectivity index (χ0n) is 17.4. The van der Waals surface area contributed by atoms with Gasteiger partial charge in [0.15, 0.2) is 0 Å². The Balaban J connectivity index is 1.54. The van der Waals surface area contributed by atoms with E-state index in [4.69, 9.17) is 11.6 Å². The van der Waals surface area contributed by atoms with Crippen molar-refractivity contribution in [1.82, 2.24) is 9.88 Å². The number of nitrogens with one attached hydrogen (secondary N) is 1. The number of pyridine rings is 1. The Labute approximate surface area is 190 Å². The van der Waals surface area contributed by atoms with Crippen molar-refractivity contribution < 1.29 is 4.79 Å². The molecule has 156 valence electrons. The number of halogens is 1. The Morgan fingerprint density at radius 3 is 2.74 bits per heavy atom. The van der Waals surface area contributed by atoms with E-state index in [-0.39, 0.29) is 5.91 Å². The third kappa shape index (κ3) is 3.48. The quantitative estimate of drug-likeness (QED) is 0.386. The van der Waals surface area contributed by atoms with Gasteiger partial charge in [-0.05, 0) is 47.9 Å². The number of aromatic nitrogens is 1. The summed E-state index contributed by atoms with van der Waals surface area (Å²) >= 11 is 8.15. The first-order chi connectivity index (χ1) is 15.1. The SMILES string of the molecule is CCc1cc(Cl)cc(-c2ccnc3cc(CN4Cc5ccccc5C4=O)sc23)c1NC. The van der Waals surface area contributed by atoms with Crippen molar-refractivity contribution in [3.05, 3.63) is 81.3 Å². The summed E-state index contributed by atoms with van der Waals surface area (Å²) in [6, 6.07) is 16.0. The summed E-state index contributed by atoms with van der Waals surface area (Å²) in [6.45, 7) is 3.37. The van der Waals surface area contributed by atoms with Crippen molar-refractivity contribution in [3.63, 3.8) is 0 Å². The number of benzene rings is 2. The van der Waals surface area contributed by atoms with E-state index >= 15 is 0 Å². The van der Waals surface area contributed by atoms with Crippen molar-refractivity contribution in [2.24, 2.45) is 0 Å². The zero-order chi connectivity index (χ0) is 21.5. The largest absolute Gasteiger partial charge is 0.387 e. The number of aryl methyl sites for hydroxylation is 1. The number of nitrogens with zero attached hydrogens (tertiary/aromatic N) is 2. The summed E-state index contributed by atoms with van der Waals surface area (Å²) in [5.74, 6) is 0.0983. The number of rotatable bonds is 5. The second kappa shape index (κ2) is 7.98. The van der Waals surface area contributed by atoms with Crippen LogP contribution in [-0.4, -0.2) is 22.8 Å². The lowest BCUT2D eigenvalue weighted by molar-refractivity contribution is 0.0768. The highest BCUT2D eigenvalue weighted by atomic mass is 35.5. The maximum absolute atomic E-state index is 12.8. The van der Waals surface area contributed by atoms with Gasteiger partial charge >= 0.3 is 0 Å². The van der Waals surface area contributed by atoms with Crippen molar-refractivity contribution in [1.29, 1.82) is 0 Å². The van der Waals surface area contributed by atoms with Gasteiger partial charge in [0, 0.05) is 52.1 Å². The predicted octanol–water partition coefficient (Wildman–Crippen LogP) is 6.38. The van der Waals surface area contributed by atoms with E-state index in [0.29, 0.717) is 13.1 Å². The lowest BCUT2D eigenvalue weighted by Crippen LogP contribution is -2.22. The monoisotopic (exact) mass is 447 g/mol. The minimum Gasteiger partial charge on any atom is -0.387 e. The van der Waals surface area contributed by atoms with Crippen LogP contribution in [0.1, 0.15) is 33.3 Å². The summed E-state index contributed by atoms with van der Waals surface area (Å²) in [5, 5.41) is 4.09. The number of carbonyl (C=O) groups excluding carboxylic acids is 1. The van der Waals surface area contributed by atoms with Crippen molar-refractivity contribution in [2.45, 2.75) is 26.4 Å². The predicted molar refractivity (Wildman–Crippen MR) is 129 cm³/mol. The molecule has 1 aliphatic heterocycles. The van der Waals surface area contributed by atoms with Crippen molar-refractivity contribution >= 4 is 44.7 Å². The molecule has 0 atom stereocenters. The number of amides is 1. The lowest BCUT2D eigenvalue weighted by Gasteiger charge is -2.15. The van der Waals surface area contributed by atoms with Gasteiger partial charge in [0.25, 0.3) is 5.91 Å². The van der Waals surface area contributed by atoms with Gasteiger partial charge in [0.1, 0.15) is 0 Å². The zero-order valence-corrected chi connectivity index (χ0v) is 19.0. The normalized spacial score (nSPS) is 13.1. The Morgan fingerprint density at radius 2 is 1.97 bits per heavy atom. The van der Waals surface area contributed by atoms with Gasteiger partial charge in [-0.2, -0.15) is 0 Å². The molecular formula is C25H22ClN3OS. The molecule has 0 saturated heterocycles. The summed E-state index contributed by atoms with van der Waals surface area (Å²) < 4.78 is 1.11. The van der Waals surface area contributed by atoms with Crippen LogP contribution in [0.15, 0.2) is 54.7 Å². The second-order valence-corrected chi connectivity index (χ2v) is 9.27. The third-order valence-corrected chi connectivity index (χ3v) is 7.17. The van der Waals surface area contributed by atoms with Crippen LogP contribution in [0.3, 0.4) is 0 Å². The Kier molecular flexibility index (Phi) is 5.16. The van der Waals surface area contributed by atoms with Crippen LogP contribution in [0.4, 0.5) is 5.69 Å². The fourth-order valence-electron chi connectivity index (χ4n) is 4.36. The van der Waals surface area contributed by atoms with Crippen LogP contribution < -0.4 is 5.32 Å². The highest BCUT2D eigenvalue weighted by Crippen LogP contribution is 2.40. The molecule has 3 heterocycles. The molecule has 31 heavy (non-hydrogen) atoms. The van der Waals surface area contributed by atoms with E-state index in [0.717, 1.165) is 54.5 Å². The standard InChI is InChI=1S/C25H22ClN3OS/c1-3-15-10-17(26)11-21(23(15)27-2)20-8-9-28-22-12-18(31-24(20)22)14-29-13-16-6-4-5-7-19(16)25(29)30/h4-12,27H,3,13-14H2,1-2H3. The van der Waals surface area contributed by atoms with Gasteiger partial charge in [0.05, 0.1) is 16.8 Å². The van der Waals surface area contributed by atoms with Gasteiger partial charge in [-0.3, -0.25) is 9.78 Å². The molecular weight excluding hydrogens is 426 g/mol. The van der Waals surface area contributed by atoms with E-state index in [2.05, 4.69) is 23.3 Å². The molecule has 0 saturated carbocycles. The molecule has 4 nitrogen and oxygen atoms in total. The van der Waals surface area contributed by atoms with E-state index in [1.54, 1.807) is 11.3 Å². The average molecular weight is 448 g/mol. The van der Waals surface area contributed by atoms with E-state index in [9.17, 15) is 4.79 Å². The van der Waals surface area contributed by atoms with Crippen molar-refractivity contribution in [3.8, 4) is 11.1 Å². The van der Waals surface area contributed by atoms with Crippen LogP contribution in [0.5, 0.6) is 0 Å². The highest BCUT2D eigenvalue weighted by Gasteiger charge is 2.27. The first-order valence-corrected chi connectivity index (χ1v) is 11.5. The van der Waals surface area contributed by atoms with E-state index in [1.165, 1.54) is 5.56 Å². The molecule has 0 unspecified atom stereocenters. The van der Waals surface area contributed by atoms with Crippen LogP contribution in [0.2, 0.25) is 5.02 Å². The van der Waals surface area contributed by atoms with Crippen molar-refractivity contribution in [2.75, 3.05) is 12.4 Å². The smallest absolute Gasteiger partial charge is 0.254 e. The molecule has 0 spiro atoms. The molecule has 4 aromatic rings. The molecule has 2 aromatic heterocycles. The Hall–Kier alpha value is -2.89. The molecule has 1 N–H and O–H groups in total. The number of thiophene rings is 1. The molecule has 1 aliphatic rings. The van der Waals surface area contributed by atoms with Gasteiger partial charge in [-0.25, -0.2) is 0 Å². The summed E-state index contributed by atoms with van der Waals surface area (Å²) in [4.78, 5) is 20.4. The second-order valence-electron chi connectivity index (χ2n) is 7.69. The molecule has 5 rings (SSSR count). The maximum atomic E-state index is 12.8. The maximum Gasteiger partial charge on any atom is 0.254 e. The van der Waals surface area contributed by atoms with Crippen LogP contribution in [-0.2, 0) is 19.5 Å². The molecule has 0 aliphatic carbocycles. The number of hydrogen-bond donors (Lipinski definition) is 1. The minimum atomic E-state index is 0.0983.